The number of benzene rings is 2. The first-order valence-electron chi connectivity index (χ1n) is 8.94. The van der Waals surface area contributed by atoms with Crippen LogP contribution in [0.15, 0.2) is 48.5 Å². The smallest absolute Gasteiger partial charge is 0.319 e. The molecule has 1 saturated heterocycles. The molecular formula is C20H23FN4O2. The molecule has 3 amide bonds. The number of hydrogen-bond acceptors (Lipinski definition) is 3. The number of nitrogens with two attached hydrogens (primary N) is 1. The SMILES string of the molecule is NC(=O)c1cccc(NC(=O)NC2CCN(Cc3ccc(F)cc3)CC2)c1. The highest BCUT2D eigenvalue weighted by molar-refractivity contribution is 5.95. The number of hydrogen-bond donors (Lipinski definition) is 3. The van der Waals surface area contributed by atoms with Gasteiger partial charge in [0.1, 0.15) is 5.82 Å². The van der Waals surface area contributed by atoms with Gasteiger partial charge in [-0.25, -0.2) is 9.18 Å². The molecule has 1 fully saturated rings. The third-order valence-electron chi connectivity index (χ3n) is 4.65. The first-order valence-corrected chi connectivity index (χ1v) is 8.94. The van der Waals surface area contributed by atoms with Gasteiger partial charge in [0.2, 0.25) is 5.91 Å². The summed E-state index contributed by atoms with van der Waals surface area (Å²) in [6.45, 7) is 2.50. The number of likely N-dealkylation sites (tertiary alicyclic amines) is 1. The molecule has 0 unspecified atom stereocenters. The van der Waals surface area contributed by atoms with Crippen LogP contribution in [-0.2, 0) is 6.54 Å². The van der Waals surface area contributed by atoms with Crippen molar-refractivity contribution in [3.8, 4) is 0 Å². The Hall–Kier alpha value is -2.93. The molecule has 0 radical (unpaired) electrons. The van der Waals surface area contributed by atoms with Crippen molar-refractivity contribution < 1.29 is 14.0 Å². The van der Waals surface area contributed by atoms with Gasteiger partial charge in [0.15, 0.2) is 0 Å². The standard InChI is InChI=1S/C20H23FN4O2/c21-16-6-4-14(5-7-16)13-25-10-8-17(9-11-25)23-20(27)24-18-3-1-2-15(12-18)19(22)26/h1-7,12,17H,8-11,13H2,(H2,22,26)(H2,23,24,27). The highest BCUT2D eigenvalue weighted by Gasteiger charge is 2.20. The molecule has 1 heterocycles. The Morgan fingerprint density at radius 2 is 1.81 bits per heavy atom. The van der Waals surface area contributed by atoms with Gasteiger partial charge >= 0.3 is 6.03 Å². The number of nitrogens with one attached hydrogen (secondary N) is 2. The number of amides is 3. The number of urea groups is 1. The Kier molecular flexibility index (Phi) is 6.03. The molecule has 3 rings (SSSR count). The van der Waals surface area contributed by atoms with Gasteiger partial charge in [0.05, 0.1) is 0 Å². The van der Waals surface area contributed by atoms with E-state index in [-0.39, 0.29) is 17.9 Å². The van der Waals surface area contributed by atoms with Crippen molar-refractivity contribution in [1.29, 1.82) is 0 Å². The second-order valence-corrected chi connectivity index (χ2v) is 6.72. The normalized spacial score (nSPS) is 15.3. The quantitative estimate of drug-likeness (QED) is 0.756. The molecule has 0 aliphatic carbocycles. The van der Waals surface area contributed by atoms with E-state index in [0.717, 1.165) is 38.0 Å². The maximum atomic E-state index is 13.0. The van der Waals surface area contributed by atoms with Crippen LogP contribution in [0.25, 0.3) is 0 Å². The second kappa shape index (κ2) is 8.64. The summed E-state index contributed by atoms with van der Waals surface area (Å²) in [5, 5.41) is 5.70. The van der Waals surface area contributed by atoms with E-state index in [1.54, 1.807) is 36.4 Å². The van der Waals surface area contributed by atoms with Crippen molar-refractivity contribution in [2.45, 2.75) is 25.4 Å². The van der Waals surface area contributed by atoms with Crippen LogP contribution in [-0.4, -0.2) is 36.0 Å². The minimum Gasteiger partial charge on any atom is -0.366 e. The second-order valence-electron chi connectivity index (χ2n) is 6.72. The van der Waals surface area contributed by atoms with Crippen LogP contribution in [0.3, 0.4) is 0 Å². The van der Waals surface area contributed by atoms with Crippen LogP contribution in [0.4, 0.5) is 14.9 Å². The van der Waals surface area contributed by atoms with Crippen molar-refractivity contribution in [2.75, 3.05) is 18.4 Å². The zero-order valence-electron chi connectivity index (χ0n) is 15.0. The lowest BCUT2D eigenvalue weighted by Gasteiger charge is -2.32. The molecule has 0 atom stereocenters. The van der Waals surface area contributed by atoms with E-state index in [4.69, 9.17) is 5.73 Å². The summed E-state index contributed by atoms with van der Waals surface area (Å²) in [6, 6.07) is 12.9. The van der Waals surface area contributed by atoms with E-state index in [2.05, 4.69) is 15.5 Å². The van der Waals surface area contributed by atoms with Gasteiger partial charge in [-0.05, 0) is 48.7 Å². The summed E-state index contributed by atoms with van der Waals surface area (Å²) in [5.41, 5.74) is 7.20. The van der Waals surface area contributed by atoms with Gasteiger partial charge in [-0.1, -0.05) is 18.2 Å². The van der Waals surface area contributed by atoms with Crippen LogP contribution >= 0.6 is 0 Å². The monoisotopic (exact) mass is 370 g/mol. The number of primary amides is 1. The topological polar surface area (TPSA) is 87.5 Å². The molecule has 1 aliphatic heterocycles. The average Bonchev–Trinajstić information content (AvgIpc) is 2.65. The highest BCUT2D eigenvalue weighted by atomic mass is 19.1. The molecule has 0 spiro atoms. The lowest BCUT2D eigenvalue weighted by molar-refractivity contribution is 0.1000. The van der Waals surface area contributed by atoms with E-state index >= 15 is 0 Å². The largest absolute Gasteiger partial charge is 0.366 e. The molecule has 4 N–H and O–H groups in total. The summed E-state index contributed by atoms with van der Waals surface area (Å²) < 4.78 is 13.0. The molecule has 6 nitrogen and oxygen atoms in total. The van der Waals surface area contributed by atoms with Crippen LogP contribution in [0.1, 0.15) is 28.8 Å². The molecule has 2 aromatic rings. The van der Waals surface area contributed by atoms with Crippen molar-refractivity contribution in [3.63, 3.8) is 0 Å². The van der Waals surface area contributed by atoms with Crippen molar-refractivity contribution in [1.82, 2.24) is 10.2 Å². The summed E-state index contributed by atoms with van der Waals surface area (Å²) in [4.78, 5) is 25.7. The van der Waals surface area contributed by atoms with E-state index in [9.17, 15) is 14.0 Å². The fourth-order valence-corrected chi connectivity index (χ4v) is 3.19. The van der Waals surface area contributed by atoms with E-state index < -0.39 is 5.91 Å². The zero-order chi connectivity index (χ0) is 19.2. The Morgan fingerprint density at radius 3 is 2.48 bits per heavy atom. The van der Waals surface area contributed by atoms with Crippen molar-refractivity contribution >= 4 is 17.6 Å². The Bertz CT molecular complexity index is 802. The fraction of sp³-hybridized carbons (Fsp3) is 0.300. The minimum atomic E-state index is -0.535. The Balaban J connectivity index is 1.44. The Morgan fingerprint density at radius 1 is 1.11 bits per heavy atom. The predicted octanol–water partition coefficient (Wildman–Crippen LogP) is 2.71. The molecule has 0 aromatic heterocycles. The number of nitrogens with zero attached hydrogens (tertiary/aromatic N) is 1. The first-order chi connectivity index (χ1) is 13.0. The maximum absolute atomic E-state index is 13.0. The number of anilines is 1. The molecule has 142 valence electrons. The molecule has 0 bridgehead atoms. The average molecular weight is 370 g/mol. The van der Waals surface area contributed by atoms with Crippen LogP contribution in [0.2, 0.25) is 0 Å². The third kappa shape index (κ3) is 5.52. The third-order valence-corrected chi connectivity index (χ3v) is 4.65. The Labute approximate surface area is 157 Å². The number of carbonyl (C=O) groups is 2. The minimum absolute atomic E-state index is 0.0915. The van der Waals surface area contributed by atoms with E-state index in [1.807, 2.05) is 0 Å². The molecule has 27 heavy (non-hydrogen) atoms. The van der Waals surface area contributed by atoms with Gasteiger partial charge in [-0.15, -0.1) is 0 Å². The van der Waals surface area contributed by atoms with Gasteiger partial charge < -0.3 is 16.4 Å². The van der Waals surface area contributed by atoms with Gasteiger partial charge in [0.25, 0.3) is 0 Å². The molecule has 2 aromatic carbocycles. The van der Waals surface area contributed by atoms with Crippen molar-refractivity contribution in [2.24, 2.45) is 5.73 Å². The van der Waals surface area contributed by atoms with Gasteiger partial charge in [0, 0.05) is 36.9 Å². The summed E-state index contributed by atoms with van der Waals surface area (Å²) in [6.07, 6.45) is 1.69. The molecular weight excluding hydrogens is 347 g/mol. The van der Waals surface area contributed by atoms with Crippen molar-refractivity contribution in [3.05, 3.63) is 65.5 Å². The molecule has 0 saturated carbocycles. The number of halogens is 1. The summed E-state index contributed by atoms with van der Waals surface area (Å²) in [7, 11) is 0. The molecule has 1 aliphatic rings. The van der Waals surface area contributed by atoms with E-state index in [1.165, 1.54) is 12.1 Å². The number of piperidine rings is 1. The van der Waals surface area contributed by atoms with Crippen LogP contribution in [0, 0.1) is 5.82 Å². The lowest BCUT2D eigenvalue weighted by Crippen LogP contribution is -2.45. The highest BCUT2D eigenvalue weighted by Crippen LogP contribution is 2.15. The lowest BCUT2D eigenvalue weighted by atomic mass is 10.0. The predicted molar refractivity (Wildman–Crippen MR) is 102 cm³/mol. The van der Waals surface area contributed by atoms with Gasteiger partial charge in [-0.2, -0.15) is 0 Å². The van der Waals surface area contributed by atoms with Crippen LogP contribution in [0.5, 0.6) is 0 Å². The van der Waals surface area contributed by atoms with E-state index in [0.29, 0.717) is 11.3 Å². The van der Waals surface area contributed by atoms with Gasteiger partial charge in [-0.3, -0.25) is 9.69 Å². The van der Waals surface area contributed by atoms with Crippen LogP contribution < -0.4 is 16.4 Å². The molecule has 7 heteroatoms. The zero-order valence-corrected chi connectivity index (χ0v) is 15.0. The summed E-state index contributed by atoms with van der Waals surface area (Å²) in [5.74, 6) is -0.762. The number of carbonyl (C=O) groups excluding carboxylic acids is 2. The first kappa shape index (κ1) is 18.8. The maximum Gasteiger partial charge on any atom is 0.319 e. The summed E-state index contributed by atoms with van der Waals surface area (Å²) >= 11 is 0. The number of rotatable bonds is 5. The fourth-order valence-electron chi connectivity index (χ4n) is 3.19.